The lowest BCUT2D eigenvalue weighted by Crippen LogP contribution is -2.38. The average molecular weight is 345 g/mol. The van der Waals surface area contributed by atoms with Gasteiger partial charge in [-0.25, -0.2) is 0 Å². The monoisotopic (exact) mass is 345 g/mol. The molecule has 3 rings (SSSR count). The molecule has 1 aliphatic heterocycles. The number of ether oxygens (including phenoxy) is 1. The van der Waals surface area contributed by atoms with Gasteiger partial charge in [-0.1, -0.05) is 38.1 Å². The Morgan fingerprint density at radius 3 is 2.48 bits per heavy atom. The van der Waals surface area contributed by atoms with Crippen LogP contribution in [0.4, 0.5) is 0 Å². The van der Waals surface area contributed by atoms with Crippen molar-refractivity contribution in [2.24, 2.45) is 5.92 Å². The zero-order chi connectivity index (χ0) is 18.1. The fraction of sp³-hybridized carbons (Fsp3) is 0.600. The number of rotatable bonds is 6. The molecule has 4 atom stereocenters. The van der Waals surface area contributed by atoms with Gasteiger partial charge in [0.25, 0.3) is 0 Å². The number of carbonyl (C=O) groups excluding carboxylic acids is 1. The van der Waals surface area contributed by atoms with Crippen LogP contribution in [-0.2, 0) is 14.3 Å². The number of aliphatic carboxylic acids is 1. The molecule has 136 valence electrons. The number of hydrogen-bond acceptors (Lipinski definition) is 3. The summed E-state index contributed by atoms with van der Waals surface area (Å²) in [4.78, 5) is 25.7. The number of likely N-dealkylation sites (tertiary alicyclic amines) is 1. The van der Waals surface area contributed by atoms with E-state index < -0.39 is 5.97 Å². The number of carboxylic acid groups (broad SMARTS) is 1. The van der Waals surface area contributed by atoms with E-state index in [9.17, 15) is 9.59 Å². The van der Waals surface area contributed by atoms with Crippen molar-refractivity contribution in [2.45, 2.75) is 57.1 Å². The van der Waals surface area contributed by atoms with Crippen molar-refractivity contribution in [3.05, 3.63) is 35.4 Å². The van der Waals surface area contributed by atoms with Crippen LogP contribution in [0.5, 0.6) is 0 Å². The van der Waals surface area contributed by atoms with Gasteiger partial charge in [0.1, 0.15) is 0 Å². The average Bonchev–Trinajstić information content (AvgIpc) is 3.28. The molecule has 1 saturated heterocycles. The molecule has 1 aliphatic carbocycles. The number of benzene rings is 1. The first kappa shape index (κ1) is 17.9. The topological polar surface area (TPSA) is 66.8 Å². The van der Waals surface area contributed by atoms with Gasteiger partial charge in [0.2, 0.25) is 5.91 Å². The van der Waals surface area contributed by atoms with Crippen molar-refractivity contribution in [3.8, 4) is 0 Å². The molecule has 5 nitrogen and oxygen atoms in total. The first-order valence-electron chi connectivity index (χ1n) is 9.05. The molecule has 4 unspecified atom stereocenters. The largest absolute Gasteiger partial charge is 0.481 e. The minimum Gasteiger partial charge on any atom is -0.481 e. The van der Waals surface area contributed by atoms with Crippen LogP contribution in [0.2, 0.25) is 0 Å². The lowest BCUT2D eigenvalue weighted by atomic mass is 10.00. The van der Waals surface area contributed by atoms with Crippen LogP contribution >= 0.6 is 0 Å². The normalized spacial score (nSPS) is 28.4. The van der Waals surface area contributed by atoms with Gasteiger partial charge in [-0.2, -0.15) is 0 Å². The SMILES string of the molecule is COC1CC(CC(=O)O)N(C(=O)C2CC2c2ccc(C(C)C)cc2)C1. The van der Waals surface area contributed by atoms with Gasteiger partial charge in [-0.3, -0.25) is 9.59 Å². The van der Waals surface area contributed by atoms with Crippen LogP contribution in [0.25, 0.3) is 0 Å². The highest BCUT2D eigenvalue weighted by Crippen LogP contribution is 2.49. The van der Waals surface area contributed by atoms with E-state index in [4.69, 9.17) is 9.84 Å². The molecule has 1 N–H and O–H groups in total. The van der Waals surface area contributed by atoms with Gasteiger partial charge in [0, 0.05) is 25.6 Å². The molecular weight excluding hydrogens is 318 g/mol. The van der Waals surface area contributed by atoms with Crippen molar-refractivity contribution >= 4 is 11.9 Å². The lowest BCUT2D eigenvalue weighted by molar-refractivity contribution is -0.140. The molecule has 1 saturated carbocycles. The second kappa shape index (κ2) is 7.16. The molecule has 2 aliphatic rings. The third-order valence-corrected chi connectivity index (χ3v) is 5.54. The summed E-state index contributed by atoms with van der Waals surface area (Å²) in [6.07, 6.45) is 1.39. The second-order valence-corrected chi connectivity index (χ2v) is 7.61. The quantitative estimate of drug-likeness (QED) is 0.861. The van der Waals surface area contributed by atoms with E-state index in [1.165, 1.54) is 11.1 Å². The maximum absolute atomic E-state index is 12.9. The molecule has 1 aromatic carbocycles. The summed E-state index contributed by atoms with van der Waals surface area (Å²) in [6, 6.07) is 8.29. The lowest BCUT2D eigenvalue weighted by Gasteiger charge is -2.23. The van der Waals surface area contributed by atoms with Gasteiger partial charge in [-0.15, -0.1) is 0 Å². The summed E-state index contributed by atoms with van der Waals surface area (Å²) in [6.45, 7) is 4.84. The van der Waals surface area contributed by atoms with E-state index >= 15 is 0 Å². The van der Waals surface area contributed by atoms with Crippen LogP contribution in [0.3, 0.4) is 0 Å². The van der Waals surface area contributed by atoms with Gasteiger partial charge in [-0.05, 0) is 35.8 Å². The summed E-state index contributed by atoms with van der Waals surface area (Å²) in [5.74, 6) is -0.0319. The maximum Gasteiger partial charge on any atom is 0.305 e. The first-order valence-corrected chi connectivity index (χ1v) is 9.05. The number of nitrogens with zero attached hydrogens (tertiary/aromatic N) is 1. The number of amides is 1. The Labute approximate surface area is 149 Å². The number of carboxylic acids is 1. The van der Waals surface area contributed by atoms with Crippen molar-refractivity contribution < 1.29 is 19.4 Å². The van der Waals surface area contributed by atoms with Crippen LogP contribution in [0.1, 0.15) is 56.1 Å². The molecule has 1 aromatic rings. The molecule has 5 heteroatoms. The molecule has 0 bridgehead atoms. The zero-order valence-corrected chi connectivity index (χ0v) is 15.1. The molecule has 1 amide bonds. The van der Waals surface area contributed by atoms with E-state index in [2.05, 4.69) is 38.1 Å². The van der Waals surface area contributed by atoms with Crippen molar-refractivity contribution in [1.29, 1.82) is 0 Å². The second-order valence-electron chi connectivity index (χ2n) is 7.61. The smallest absolute Gasteiger partial charge is 0.305 e. The third-order valence-electron chi connectivity index (χ3n) is 5.54. The molecule has 25 heavy (non-hydrogen) atoms. The summed E-state index contributed by atoms with van der Waals surface area (Å²) in [5, 5.41) is 9.11. The Morgan fingerprint density at radius 2 is 1.92 bits per heavy atom. The minimum absolute atomic E-state index is 0.00786. The highest BCUT2D eigenvalue weighted by atomic mass is 16.5. The zero-order valence-electron chi connectivity index (χ0n) is 15.1. The standard InChI is InChI=1S/C20H27NO4/c1-12(2)13-4-6-14(7-5-13)17-10-18(17)20(24)21-11-16(25-3)8-15(21)9-19(22)23/h4-7,12,15-18H,8-11H2,1-3H3,(H,22,23). The summed E-state index contributed by atoms with van der Waals surface area (Å²) < 4.78 is 5.36. The molecule has 0 aromatic heterocycles. The molecular formula is C20H27NO4. The molecule has 0 spiro atoms. The van der Waals surface area contributed by atoms with Crippen molar-refractivity contribution in [3.63, 3.8) is 0 Å². The van der Waals surface area contributed by atoms with Gasteiger partial charge < -0.3 is 14.7 Å². The van der Waals surface area contributed by atoms with Gasteiger partial charge in [0.15, 0.2) is 0 Å². The Hall–Kier alpha value is -1.88. The summed E-state index contributed by atoms with van der Waals surface area (Å²) in [5.41, 5.74) is 2.51. The summed E-state index contributed by atoms with van der Waals surface area (Å²) >= 11 is 0. The summed E-state index contributed by atoms with van der Waals surface area (Å²) in [7, 11) is 1.62. The van der Waals surface area contributed by atoms with Crippen LogP contribution < -0.4 is 0 Å². The number of methoxy groups -OCH3 is 1. The predicted molar refractivity (Wildman–Crippen MR) is 94.5 cm³/mol. The Kier molecular flexibility index (Phi) is 5.13. The molecule has 1 heterocycles. The van der Waals surface area contributed by atoms with E-state index in [1.54, 1.807) is 12.0 Å². The number of carbonyl (C=O) groups is 2. The Morgan fingerprint density at radius 1 is 1.24 bits per heavy atom. The fourth-order valence-electron chi connectivity index (χ4n) is 3.89. The minimum atomic E-state index is -0.865. The fourth-order valence-corrected chi connectivity index (χ4v) is 3.89. The number of hydrogen-bond donors (Lipinski definition) is 1. The van der Waals surface area contributed by atoms with Crippen molar-refractivity contribution in [1.82, 2.24) is 4.90 Å². The highest BCUT2D eigenvalue weighted by molar-refractivity contribution is 5.84. The van der Waals surface area contributed by atoms with Crippen LogP contribution in [0.15, 0.2) is 24.3 Å². The maximum atomic E-state index is 12.9. The predicted octanol–water partition coefficient (Wildman–Crippen LogP) is 3.00. The van der Waals surface area contributed by atoms with Crippen molar-refractivity contribution in [2.75, 3.05) is 13.7 Å². The van der Waals surface area contributed by atoms with E-state index in [1.807, 2.05) is 0 Å². The molecule has 0 radical (unpaired) electrons. The first-order chi connectivity index (χ1) is 11.9. The van der Waals surface area contributed by atoms with E-state index in [-0.39, 0.29) is 36.3 Å². The highest BCUT2D eigenvalue weighted by Gasteiger charge is 2.49. The Balaban J connectivity index is 1.66. The third kappa shape index (κ3) is 3.87. The van der Waals surface area contributed by atoms with E-state index in [0.717, 1.165) is 6.42 Å². The van der Waals surface area contributed by atoms with Crippen LogP contribution in [-0.4, -0.2) is 47.7 Å². The van der Waals surface area contributed by atoms with Gasteiger partial charge >= 0.3 is 5.97 Å². The van der Waals surface area contributed by atoms with Crippen LogP contribution in [0, 0.1) is 5.92 Å². The Bertz CT molecular complexity index is 640. The molecule has 2 fully saturated rings. The van der Waals surface area contributed by atoms with Gasteiger partial charge in [0.05, 0.1) is 12.5 Å². The van der Waals surface area contributed by atoms with E-state index in [0.29, 0.717) is 18.9 Å².